The highest BCUT2D eigenvalue weighted by atomic mass is 16.5. The van der Waals surface area contributed by atoms with Gasteiger partial charge in [0.25, 0.3) is 5.91 Å². The van der Waals surface area contributed by atoms with Gasteiger partial charge in [-0.25, -0.2) is 0 Å². The molecule has 1 saturated heterocycles. The lowest BCUT2D eigenvalue weighted by atomic mass is 9.97. The molecule has 1 aromatic carbocycles. The number of rotatable bonds is 9. The molecule has 0 radical (unpaired) electrons. The second-order valence-electron chi connectivity index (χ2n) is 8.08. The number of carbonyl (C=O) groups is 1. The van der Waals surface area contributed by atoms with E-state index in [1.807, 2.05) is 6.92 Å². The number of ether oxygens (including phenoxy) is 1. The Morgan fingerprint density at radius 2 is 1.76 bits per heavy atom. The number of aromatic nitrogens is 1. The number of hydrogen-bond donors (Lipinski definition) is 1. The zero-order chi connectivity index (χ0) is 20.8. The molecule has 2 heterocycles. The first-order chi connectivity index (χ1) is 14.0. The minimum absolute atomic E-state index is 0.331. The summed E-state index contributed by atoms with van der Waals surface area (Å²) in [7, 11) is 0. The minimum atomic E-state index is -0.331. The Bertz CT molecular complexity index is 818. The molecule has 1 fully saturated rings. The van der Waals surface area contributed by atoms with Crippen molar-refractivity contribution in [2.45, 2.75) is 53.0 Å². The van der Waals surface area contributed by atoms with Crippen LogP contribution < -0.4 is 5.73 Å². The summed E-state index contributed by atoms with van der Waals surface area (Å²) < 4.78 is 7.80. The van der Waals surface area contributed by atoms with Gasteiger partial charge >= 0.3 is 0 Å². The average molecular weight is 398 g/mol. The summed E-state index contributed by atoms with van der Waals surface area (Å²) in [6.07, 6.45) is 4.24. The van der Waals surface area contributed by atoms with E-state index in [9.17, 15) is 4.79 Å². The first kappa shape index (κ1) is 21.6. The third-order valence-corrected chi connectivity index (χ3v) is 5.94. The average Bonchev–Trinajstić information content (AvgIpc) is 2.99. The van der Waals surface area contributed by atoms with Crippen molar-refractivity contribution in [2.24, 2.45) is 5.73 Å². The molecule has 3 rings (SSSR count). The number of nitrogens with two attached hydrogens (primary N) is 1. The van der Waals surface area contributed by atoms with E-state index in [4.69, 9.17) is 10.5 Å². The van der Waals surface area contributed by atoms with Crippen molar-refractivity contribution in [3.8, 4) is 11.1 Å². The van der Waals surface area contributed by atoms with E-state index in [1.165, 1.54) is 11.3 Å². The molecule has 5 heteroatoms. The molecule has 1 amide bonds. The summed E-state index contributed by atoms with van der Waals surface area (Å²) in [4.78, 5) is 14.9. The molecule has 2 N–H and O–H groups in total. The number of primary amides is 1. The molecule has 0 unspecified atom stereocenters. The van der Waals surface area contributed by atoms with Gasteiger partial charge in [-0.05, 0) is 38.7 Å². The van der Waals surface area contributed by atoms with Crippen molar-refractivity contribution in [3.05, 3.63) is 46.8 Å². The molecule has 0 bridgehead atoms. The van der Waals surface area contributed by atoms with Crippen molar-refractivity contribution in [1.29, 1.82) is 0 Å². The molecule has 5 nitrogen and oxygen atoms in total. The molecule has 0 spiro atoms. The highest BCUT2D eigenvalue weighted by Gasteiger charge is 2.24. The third kappa shape index (κ3) is 5.09. The highest BCUT2D eigenvalue weighted by molar-refractivity contribution is 6.02. The number of unbranched alkanes of at least 4 members (excludes halogenated alkanes) is 1. The standard InChI is InChI=1S/C24H35N3O2/c1-4-5-7-21-23(20-10-8-18(2)9-11-20)22(24(25)28)19(3)27(21)13-6-12-26-14-16-29-17-15-26/h8-11H,4-7,12-17H2,1-3H3,(H2,25,28). The Hall–Kier alpha value is -2.11. The van der Waals surface area contributed by atoms with Crippen molar-refractivity contribution in [2.75, 3.05) is 32.8 Å². The fraction of sp³-hybridized carbons (Fsp3) is 0.542. The summed E-state index contributed by atoms with van der Waals surface area (Å²) in [5.41, 5.74) is 12.1. The topological polar surface area (TPSA) is 60.5 Å². The number of benzene rings is 1. The van der Waals surface area contributed by atoms with E-state index in [0.29, 0.717) is 5.56 Å². The zero-order valence-electron chi connectivity index (χ0n) is 18.2. The summed E-state index contributed by atoms with van der Waals surface area (Å²) in [6.45, 7) is 12.0. The molecular formula is C24H35N3O2. The number of hydrogen-bond acceptors (Lipinski definition) is 3. The molecule has 0 saturated carbocycles. The molecule has 1 aromatic heterocycles. The fourth-order valence-corrected chi connectivity index (χ4v) is 4.31. The van der Waals surface area contributed by atoms with Gasteiger partial charge in [-0.15, -0.1) is 0 Å². The van der Waals surface area contributed by atoms with Gasteiger partial charge in [0.05, 0.1) is 18.8 Å². The molecule has 2 aromatic rings. The van der Waals surface area contributed by atoms with E-state index in [2.05, 4.69) is 47.6 Å². The minimum Gasteiger partial charge on any atom is -0.379 e. The lowest BCUT2D eigenvalue weighted by Crippen LogP contribution is -2.37. The van der Waals surface area contributed by atoms with Crippen LogP contribution in [0.15, 0.2) is 24.3 Å². The lowest BCUT2D eigenvalue weighted by Gasteiger charge is -2.26. The van der Waals surface area contributed by atoms with Crippen LogP contribution in [0.25, 0.3) is 11.1 Å². The largest absolute Gasteiger partial charge is 0.379 e. The van der Waals surface area contributed by atoms with E-state index < -0.39 is 0 Å². The second-order valence-corrected chi connectivity index (χ2v) is 8.08. The van der Waals surface area contributed by atoms with E-state index >= 15 is 0 Å². The van der Waals surface area contributed by atoms with Crippen LogP contribution >= 0.6 is 0 Å². The first-order valence-corrected chi connectivity index (χ1v) is 10.9. The van der Waals surface area contributed by atoms with Gasteiger partial charge in [0, 0.05) is 43.1 Å². The van der Waals surface area contributed by atoms with Crippen LogP contribution in [-0.4, -0.2) is 48.2 Å². The monoisotopic (exact) mass is 397 g/mol. The van der Waals surface area contributed by atoms with Gasteiger partial charge in [-0.1, -0.05) is 43.2 Å². The number of amides is 1. The highest BCUT2D eigenvalue weighted by Crippen LogP contribution is 2.34. The van der Waals surface area contributed by atoms with Crippen LogP contribution in [0.1, 0.15) is 53.5 Å². The van der Waals surface area contributed by atoms with Crippen LogP contribution in [0.4, 0.5) is 0 Å². The van der Waals surface area contributed by atoms with Crippen molar-refractivity contribution in [1.82, 2.24) is 9.47 Å². The zero-order valence-corrected chi connectivity index (χ0v) is 18.2. The third-order valence-electron chi connectivity index (χ3n) is 5.94. The molecule has 1 aliphatic rings. The molecule has 1 aliphatic heterocycles. The molecule has 158 valence electrons. The molecule has 0 aliphatic carbocycles. The van der Waals surface area contributed by atoms with Crippen LogP contribution in [0.3, 0.4) is 0 Å². The molecule has 29 heavy (non-hydrogen) atoms. The summed E-state index contributed by atoms with van der Waals surface area (Å²) in [5.74, 6) is -0.331. The van der Waals surface area contributed by atoms with Crippen LogP contribution in [-0.2, 0) is 17.7 Å². The Balaban J connectivity index is 1.93. The Morgan fingerprint density at radius 1 is 1.07 bits per heavy atom. The summed E-state index contributed by atoms with van der Waals surface area (Å²) in [6, 6.07) is 8.44. The van der Waals surface area contributed by atoms with Gasteiger partial charge in [0.2, 0.25) is 0 Å². The van der Waals surface area contributed by atoms with Gasteiger partial charge in [-0.3, -0.25) is 9.69 Å². The second kappa shape index (κ2) is 10.1. The maximum absolute atomic E-state index is 12.4. The Kier molecular flexibility index (Phi) is 7.51. The Labute approximate surface area is 174 Å². The maximum Gasteiger partial charge on any atom is 0.251 e. The molecular weight excluding hydrogens is 362 g/mol. The van der Waals surface area contributed by atoms with E-state index in [1.54, 1.807) is 0 Å². The van der Waals surface area contributed by atoms with E-state index in [0.717, 1.165) is 81.9 Å². The van der Waals surface area contributed by atoms with Crippen LogP contribution in [0, 0.1) is 13.8 Å². The van der Waals surface area contributed by atoms with E-state index in [-0.39, 0.29) is 5.91 Å². The first-order valence-electron chi connectivity index (χ1n) is 10.9. The van der Waals surface area contributed by atoms with Gasteiger partial charge in [0.1, 0.15) is 0 Å². The predicted molar refractivity (Wildman–Crippen MR) is 118 cm³/mol. The van der Waals surface area contributed by atoms with Gasteiger partial charge in [0.15, 0.2) is 0 Å². The van der Waals surface area contributed by atoms with Gasteiger partial charge < -0.3 is 15.0 Å². The number of morpholine rings is 1. The number of nitrogens with zero attached hydrogens (tertiary/aromatic N) is 2. The lowest BCUT2D eigenvalue weighted by molar-refractivity contribution is 0.0369. The smallest absolute Gasteiger partial charge is 0.251 e. The molecule has 0 atom stereocenters. The van der Waals surface area contributed by atoms with Crippen LogP contribution in [0.2, 0.25) is 0 Å². The summed E-state index contributed by atoms with van der Waals surface area (Å²) in [5, 5.41) is 0. The van der Waals surface area contributed by atoms with Crippen LogP contribution in [0.5, 0.6) is 0 Å². The Morgan fingerprint density at radius 3 is 2.38 bits per heavy atom. The fourth-order valence-electron chi connectivity index (χ4n) is 4.31. The van der Waals surface area contributed by atoms with Crippen molar-refractivity contribution >= 4 is 5.91 Å². The summed E-state index contributed by atoms with van der Waals surface area (Å²) >= 11 is 0. The SMILES string of the molecule is CCCCc1c(-c2ccc(C)cc2)c(C(N)=O)c(C)n1CCCN1CCOCC1. The normalized spacial score (nSPS) is 15.0. The number of carbonyl (C=O) groups excluding carboxylic acids is 1. The quantitative estimate of drug-likeness (QED) is 0.697. The predicted octanol–water partition coefficient (Wildman–Crippen LogP) is 3.94. The maximum atomic E-state index is 12.4. The van der Waals surface area contributed by atoms with Gasteiger partial charge in [-0.2, -0.15) is 0 Å². The number of aryl methyl sites for hydroxylation is 1. The van der Waals surface area contributed by atoms with Crippen molar-refractivity contribution < 1.29 is 9.53 Å². The van der Waals surface area contributed by atoms with Crippen molar-refractivity contribution in [3.63, 3.8) is 0 Å².